The topological polar surface area (TPSA) is 26.3 Å². The van der Waals surface area contributed by atoms with Gasteiger partial charge in [0.15, 0.2) is 0 Å². The van der Waals surface area contributed by atoms with Crippen LogP contribution < -0.4 is 0 Å². The molecular weight excluding hydrogens is 140 g/mol. The van der Waals surface area contributed by atoms with Crippen LogP contribution in [0, 0.1) is 11.3 Å². The summed E-state index contributed by atoms with van der Waals surface area (Å²) < 4.78 is 4.69. The Morgan fingerprint density at radius 1 is 1.45 bits per heavy atom. The molecule has 0 aromatic heterocycles. The van der Waals surface area contributed by atoms with Crippen molar-refractivity contribution in [2.24, 2.45) is 11.3 Å². The van der Waals surface area contributed by atoms with Crippen LogP contribution in [0.1, 0.15) is 34.1 Å². The van der Waals surface area contributed by atoms with Gasteiger partial charge in [-0.3, -0.25) is 4.79 Å². The molecule has 0 aliphatic rings. The fourth-order valence-corrected chi connectivity index (χ4v) is 1.27. The van der Waals surface area contributed by atoms with Gasteiger partial charge in [-0.1, -0.05) is 27.7 Å². The molecule has 0 aromatic rings. The Kier molecular flexibility index (Phi) is 3.56. The second kappa shape index (κ2) is 3.74. The molecular formula is C9H18O2. The van der Waals surface area contributed by atoms with Gasteiger partial charge in [0.1, 0.15) is 0 Å². The van der Waals surface area contributed by atoms with Gasteiger partial charge in [-0.05, 0) is 11.8 Å². The number of carbonyl (C=O) groups is 1. The molecule has 0 rings (SSSR count). The Balaban J connectivity index is 4.29. The largest absolute Gasteiger partial charge is 0.469 e. The highest BCUT2D eigenvalue weighted by Crippen LogP contribution is 2.29. The van der Waals surface area contributed by atoms with Crippen molar-refractivity contribution in [1.29, 1.82) is 0 Å². The lowest BCUT2D eigenvalue weighted by atomic mass is 9.79. The zero-order chi connectivity index (χ0) is 9.07. The van der Waals surface area contributed by atoms with E-state index < -0.39 is 0 Å². The summed E-state index contributed by atoms with van der Waals surface area (Å²) in [6.45, 7) is 8.17. The van der Waals surface area contributed by atoms with E-state index in [-0.39, 0.29) is 17.3 Å². The van der Waals surface area contributed by atoms with E-state index in [0.717, 1.165) is 6.42 Å². The highest BCUT2D eigenvalue weighted by molar-refractivity contribution is 5.73. The van der Waals surface area contributed by atoms with Crippen molar-refractivity contribution in [2.75, 3.05) is 7.11 Å². The first-order chi connectivity index (χ1) is 4.93. The molecule has 0 aliphatic heterocycles. The fraction of sp³-hybridized carbons (Fsp3) is 0.889. The highest BCUT2D eigenvalue weighted by atomic mass is 16.5. The molecule has 0 saturated heterocycles. The molecule has 1 atom stereocenters. The molecule has 0 radical (unpaired) electrons. The summed E-state index contributed by atoms with van der Waals surface area (Å²) >= 11 is 0. The Morgan fingerprint density at radius 3 is 2.00 bits per heavy atom. The summed E-state index contributed by atoms with van der Waals surface area (Å²) in [6.07, 6.45) is 0.843. The van der Waals surface area contributed by atoms with Crippen molar-refractivity contribution in [3.8, 4) is 0 Å². The van der Waals surface area contributed by atoms with Gasteiger partial charge in [0.25, 0.3) is 0 Å². The number of hydrogen-bond acceptors (Lipinski definition) is 2. The predicted octanol–water partition coefficient (Wildman–Crippen LogP) is 2.23. The third-order valence-corrected chi connectivity index (χ3v) is 1.94. The molecule has 0 heterocycles. The first kappa shape index (κ1) is 10.5. The van der Waals surface area contributed by atoms with Crippen LogP contribution in [-0.4, -0.2) is 13.1 Å². The Morgan fingerprint density at radius 2 is 1.91 bits per heavy atom. The number of rotatable bonds is 2. The molecule has 0 bridgehead atoms. The van der Waals surface area contributed by atoms with E-state index in [1.54, 1.807) is 0 Å². The van der Waals surface area contributed by atoms with Crippen LogP contribution in [0.25, 0.3) is 0 Å². The zero-order valence-electron chi connectivity index (χ0n) is 8.10. The van der Waals surface area contributed by atoms with Gasteiger partial charge in [-0.25, -0.2) is 0 Å². The van der Waals surface area contributed by atoms with E-state index in [2.05, 4.69) is 20.8 Å². The molecule has 0 fully saturated rings. The van der Waals surface area contributed by atoms with Gasteiger partial charge >= 0.3 is 5.97 Å². The van der Waals surface area contributed by atoms with Crippen LogP contribution >= 0.6 is 0 Å². The molecule has 66 valence electrons. The van der Waals surface area contributed by atoms with Crippen molar-refractivity contribution in [2.45, 2.75) is 34.1 Å². The maximum atomic E-state index is 11.2. The third-order valence-electron chi connectivity index (χ3n) is 1.94. The summed E-state index contributed by atoms with van der Waals surface area (Å²) in [5, 5.41) is 0. The lowest BCUT2D eigenvalue weighted by Crippen LogP contribution is -2.28. The molecule has 0 N–H and O–H groups in total. The molecule has 2 nitrogen and oxygen atoms in total. The van der Waals surface area contributed by atoms with Crippen molar-refractivity contribution >= 4 is 5.97 Å². The van der Waals surface area contributed by atoms with Crippen molar-refractivity contribution in [3.05, 3.63) is 0 Å². The molecule has 0 saturated carbocycles. The first-order valence-corrected chi connectivity index (χ1v) is 4.01. The van der Waals surface area contributed by atoms with Gasteiger partial charge in [-0.2, -0.15) is 0 Å². The molecule has 0 aromatic carbocycles. The van der Waals surface area contributed by atoms with Gasteiger partial charge in [0, 0.05) is 0 Å². The van der Waals surface area contributed by atoms with Crippen LogP contribution in [0.15, 0.2) is 0 Å². The van der Waals surface area contributed by atoms with Crippen LogP contribution in [0.2, 0.25) is 0 Å². The summed E-state index contributed by atoms with van der Waals surface area (Å²) in [7, 11) is 1.44. The van der Waals surface area contributed by atoms with Crippen molar-refractivity contribution in [1.82, 2.24) is 0 Å². The number of hydrogen-bond donors (Lipinski definition) is 0. The Labute approximate surface area is 68.9 Å². The monoisotopic (exact) mass is 158 g/mol. The average Bonchev–Trinajstić information content (AvgIpc) is 1.86. The van der Waals surface area contributed by atoms with E-state index in [0.29, 0.717) is 0 Å². The molecule has 2 heteroatoms. The van der Waals surface area contributed by atoms with E-state index in [9.17, 15) is 4.79 Å². The Hall–Kier alpha value is -0.530. The van der Waals surface area contributed by atoms with Crippen LogP contribution in [0.5, 0.6) is 0 Å². The van der Waals surface area contributed by atoms with Crippen LogP contribution in [-0.2, 0) is 9.53 Å². The minimum absolute atomic E-state index is 0.0157. The van der Waals surface area contributed by atoms with E-state index in [1.807, 2.05) is 6.92 Å². The van der Waals surface area contributed by atoms with Gasteiger partial charge in [0.05, 0.1) is 13.0 Å². The second-order valence-electron chi connectivity index (χ2n) is 3.85. The third kappa shape index (κ3) is 2.91. The first-order valence-electron chi connectivity index (χ1n) is 4.01. The summed E-state index contributed by atoms with van der Waals surface area (Å²) in [4.78, 5) is 11.2. The normalized spacial score (nSPS) is 14.3. The van der Waals surface area contributed by atoms with Gasteiger partial charge in [-0.15, -0.1) is 0 Å². The number of carbonyl (C=O) groups excluding carboxylic acids is 1. The summed E-state index contributed by atoms with van der Waals surface area (Å²) in [6, 6.07) is 0. The maximum Gasteiger partial charge on any atom is 0.309 e. The van der Waals surface area contributed by atoms with E-state index >= 15 is 0 Å². The molecule has 11 heavy (non-hydrogen) atoms. The molecule has 0 amide bonds. The summed E-state index contributed by atoms with van der Waals surface area (Å²) in [5.74, 6) is -0.0764. The lowest BCUT2D eigenvalue weighted by Gasteiger charge is -2.26. The number of methoxy groups -OCH3 is 1. The van der Waals surface area contributed by atoms with E-state index in [1.165, 1.54) is 7.11 Å². The number of ether oxygens (including phenoxy) is 1. The molecule has 0 aliphatic carbocycles. The van der Waals surface area contributed by atoms with Gasteiger partial charge < -0.3 is 4.74 Å². The van der Waals surface area contributed by atoms with Crippen molar-refractivity contribution in [3.63, 3.8) is 0 Å². The van der Waals surface area contributed by atoms with Crippen LogP contribution in [0.3, 0.4) is 0 Å². The average molecular weight is 158 g/mol. The minimum atomic E-state index is -0.0972. The minimum Gasteiger partial charge on any atom is -0.469 e. The second-order valence-corrected chi connectivity index (χ2v) is 3.85. The smallest absolute Gasteiger partial charge is 0.309 e. The summed E-state index contributed by atoms with van der Waals surface area (Å²) in [5.41, 5.74) is 0.0157. The fourth-order valence-electron chi connectivity index (χ4n) is 1.27. The standard InChI is InChI=1S/C9H18O2/c1-6-7(8(10)11-5)9(2,3)4/h7H,6H2,1-5H3/t7-/m0/s1. The highest BCUT2D eigenvalue weighted by Gasteiger charge is 2.29. The molecule has 0 unspecified atom stereocenters. The van der Waals surface area contributed by atoms with E-state index in [4.69, 9.17) is 4.74 Å². The lowest BCUT2D eigenvalue weighted by molar-refractivity contribution is -0.149. The SMILES string of the molecule is CC[C@@H](C(=O)OC)C(C)(C)C. The maximum absolute atomic E-state index is 11.2. The Bertz CT molecular complexity index is 133. The number of esters is 1. The van der Waals surface area contributed by atoms with Crippen molar-refractivity contribution < 1.29 is 9.53 Å². The van der Waals surface area contributed by atoms with Gasteiger partial charge in [0.2, 0.25) is 0 Å². The quantitative estimate of drug-likeness (QED) is 0.576. The van der Waals surface area contributed by atoms with Crippen LogP contribution in [0.4, 0.5) is 0 Å². The zero-order valence-corrected chi connectivity index (χ0v) is 8.10. The molecule has 0 spiro atoms. The predicted molar refractivity (Wildman–Crippen MR) is 45.3 cm³/mol.